The lowest BCUT2D eigenvalue weighted by Crippen LogP contribution is -2.10. The molecule has 168 valence electrons. The Morgan fingerprint density at radius 1 is 1.03 bits per heavy atom. The summed E-state index contributed by atoms with van der Waals surface area (Å²) in [6.07, 6.45) is 3.36. The first-order valence-electron chi connectivity index (χ1n) is 10.8. The Balaban J connectivity index is 1.65. The van der Waals surface area contributed by atoms with Gasteiger partial charge in [0.15, 0.2) is 0 Å². The molecule has 0 aliphatic carbocycles. The quantitative estimate of drug-likeness (QED) is 0.347. The van der Waals surface area contributed by atoms with Crippen molar-refractivity contribution < 1.29 is 13.9 Å². The Morgan fingerprint density at radius 3 is 2.36 bits per heavy atom. The van der Waals surface area contributed by atoms with Gasteiger partial charge in [0.2, 0.25) is 5.91 Å². The molecular formula is C28H28N2O3. The normalized spacial score (nSPS) is 11.5. The number of anilines is 2. The number of allylic oxidation sites excluding steroid dienone is 1. The number of hydrogen-bond acceptors (Lipinski definition) is 4. The number of rotatable bonds is 6. The van der Waals surface area contributed by atoms with Gasteiger partial charge in [0.25, 0.3) is 0 Å². The van der Waals surface area contributed by atoms with Gasteiger partial charge < -0.3 is 19.4 Å². The average Bonchev–Trinajstić information content (AvgIpc) is 3.21. The van der Waals surface area contributed by atoms with Crippen molar-refractivity contribution >= 4 is 33.8 Å². The molecule has 4 rings (SSSR count). The largest absolute Gasteiger partial charge is 0.496 e. The van der Waals surface area contributed by atoms with Crippen LogP contribution < -0.4 is 15.0 Å². The summed E-state index contributed by atoms with van der Waals surface area (Å²) in [5, 5.41) is 3.90. The number of carbonyl (C=O) groups excluding carboxylic acids is 1. The summed E-state index contributed by atoms with van der Waals surface area (Å²) >= 11 is 0. The molecule has 1 heterocycles. The van der Waals surface area contributed by atoms with E-state index in [1.165, 1.54) is 5.56 Å². The third-order valence-corrected chi connectivity index (χ3v) is 5.68. The fraction of sp³-hybridized carbons (Fsp3) is 0.179. The minimum Gasteiger partial charge on any atom is -0.496 e. The molecule has 0 fully saturated rings. The van der Waals surface area contributed by atoms with E-state index in [0.29, 0.717) is 5.75 Å². The molecule has 0 atom stereocenters. The van der Waals surface area contributed by atoms with Crippen LogP contribution in [0.25, 0.3) is 27.7 Å². The van der Waals surface area contributed by atoms with Gasteiger partial charge in [0.05, 0.1) is 13.4 Å². The maximum absolute atomic E-state index is 12.7. The van der Waals surface area contributed by atoms with Crippen molar-refractivity contribution in [2.75, 3.05) is 31.4 Å². The van der Waals surface area contributed by atoms with Gasteiger partial charge in [-0.25, -0.2) is 0 Å². The molecule has 33 heavy (non-hydrogen) atoms. The van der Waals surface area contributed by atoms with Crippen LogP contribution in [0, 0.1) is 6.92 Å². The molecular weight excluding hydrogens is 412 g/mol. The van der Waals surface area contributed by atoms with Gasteiger partial charge in [-0.1, -0.05) is 29.8 Å². The van der Waals surface area contributed by atoms with E-state index in [2.05, 4.69) is 36.5 Å². The van der Waals surface area contributed by atoms with E-state index in [1.807, 2.05) is 62.3 Å². The number of ether oxygens (including phenoxy) is 1. The third kappa shape index (κ3) is 4.77. The van der Waals surface area contributed by atoms with Gasteiger partial charge in [-0.15, -0.1) is 0 Å². The first-order valence-corrected chi connectivity index (χ1v) is 10.8. The van der Waals surface area contributed by atoms with E-state index < -0.39 is 0 Å². The van der Waals surface area contributed by atoms with Crippen molar-refractivity contribution in [3.05, 3.63) is 84.1 Å². The minimum atomic E-state index is -0.196. The van der Waals surface area contributed by atoms with Gasteiger partial charge in [-0.3, -0.25) is 4.79 Å². The van der Waals surface area contributed by atoms with Crippen molar-refractivity contribution in [3.8, 4) is 16.9 Å². The average molecular weight is 441 g/mol. The van der Waals surface area contributed by atoms with E-state index in [1.54, 1.807) is 19.4 Å². The highest BCUT2D eigenvalue weighted by atomic mass is 16.5. The monoisotopic (exact) mass is 440 g/mol. The van der Waals surface area contributed by atoms with Gasteiger partial charge >= 0.3 is 0 Å². The molecule has 0 aliphatic heterocycles. The minimum absolute atomic E-state index is 0.196. The van der Waals surface area contributed by atoms with E-state index >= 15 is 0 Å². The lowest BCUT2D eigenvalue weighted by molar-refractivity contribution is -0.111. The topological polar surface area (TPSA) is 54.7 Å². The van der Waals surface area contributed by atoms with Crippen LogP contribution >= 0.6 is 0 Å². The molecule has 1 N–H and O–H groups in total. The zero-order chi connectivity index (χ0) is 23.5. The number of hydrogen-bond donors (Lipinski definition) is 1. The number of methoxy groups -OCH3 is 1. The summed E-state index contributed by atoms with van der Waals surface area (Å²) in [6, 6.07) is 19.9. The van der Waals surface area contributed by atoms with Gasteiger partial charge in [-0.05, 0) is 55.3 Å². The Bertz CT molecular complexity index is 1310. The molecule has 4 aromatic rings. The molecule has 0 saturated heterocycles. The van der Waals surface area contributed by atoms with Gasteiger partial charge in [-0.2, -0.15) is 0 Å². The Kier molecular flexibility index (Phi) is 6.22. The number of aryl methyl sites for hydroxylation is 1. The van der Waals surface area contributed by atoms with Crippen LogP contribution in [0.3, 0.4) is 0 Å². The molecule has 3 aromatic carbocycles. The molecule has 0 aliphatic rings. The van der Waals surface area contributed by atoms with E-state index in [0.717, 1.165) is 44.6 Å². The first kappa shape index (κ1) is 22.2. The second kappa shape index (κ2) is 9.25. The lowest BCUT2D eigenvalue weighted by atomic mass is 9.99. The van der Waals surface area contributed by atoms with Gasteiger partial charge in [0.1, 0.15) is 11.3 Å². The molecule has 0 saturated carbocycles. The first-order chi connectivity index (χ1) is 15.9. The zero-order valence-electron chi connectivity index (χ0n) is 19.6. The molecule has 5 nitrogen and oxygen atoms in total. The SMILES string of the molecule is COc1cc2occ(-c3ccc(C)cc3)c2cc1/C(C)=C/C(=O)Nc1ccc(N(C)C)cc1. The Morgan fingerprint density at radius 2 is 1.73 bits per heavy atom. The predicted molar refractivity (Wildman–Crippen MR) is 136 cm³/mol. The number of nitrogens with one attached hydrogen (secondary N) is 1. The number of fused-ring (bicyclic) bond motifs is 1. The number of furan rings is 1. The molecule has 0 radical (unpaired) electrons. The second-order valence-electron chi connectivity index (χ2n) is 8.32. The van der Waals surface area contributed by atoms with E-state index in [-0.39, 0.29) is 5.91 Å². The van der Waals surface area contributed by atoms with Crippen LogP contribution in [0.15, 0.2) is 77.4 Å². The highest BCUT2D eigenvalue weighted by Gasteiger charge is 2.15. The molecule has 0 unspecified atom stereocenters. The fourth-order valence-electron chi connectivity index (χ4n) is 3.78. The summed E-state index contributed by atoms with van der Waals surface area (Å²) < 4.78 is 11.4. The van der Waals surface area contributed by atoms with Crippen molar-refractivity contribution in [2.45, 2.75) is 13.8 Å². The maximum Gasteiger partial charge on any atom is 0.248 e. The summed E-state index contributed by atoms with van der Waals surface area (Å²) in [6.45, 7) is 3.97. The smallest absolute Gasteiger partial charge is 0.248 e. The van der Waals surface area contributed by atoms with Crippen LogP contribution in [-0.4, -0.2) is 27.1 Å². The molecule has 0 spiro atoms. The van der Waals surface area contributed by atoms with Crippen LogP contribution in [0.1, 0.15) is 18.1 Å². The Hall–Kier alpha value is -3.99. The molecule has 1 aromatic heterocycles. The van der Waals surface area contributed by atoms with Crippen molar-refractivity contribution in [1.29, 1.82) is 0 Å². The van der Waals surface area contributed by atoms with E-state index in [4.69, 9.17) is 9.15 Å². The number of benzene rings is 3. The summed E-state index contributed by atoms with van der Waals surface area (Å²) in [7, 11) is 5.58. The number of nitrogens with zero attached hydrogens (tertiary/aromatic N) is 1. The van der Waals surface area contributed by atoms with Crippen LogP contribution in [0.4, 0.5) is 11.4 Å². The highest BCUT2D eigenvalue weighted by molar-refractivity contribution is 6.05. The van der Waals surface area contributed by atoms with Crippen LogP contribution in [0.2, 0.25) is 0 Å². The molecule has 0 bridgehead atoms. The summed E-state index contributed by atoms with van der Waals surface area (Å²) in [4.78, 5) is 14.7. The number of amides is 1. The molecule has 5 heteroatoms. The maximum atomic E-state index is 12.7. The lowest BCUT2D eigenvalue weighted by Gasteiger charge is -2.13. The fourth-order valence-corrected chi connectivity index (χ4v) is 3.78. The second-order valence-corrected chi connectivity index (χ2v) is 8.32. The van der Waals surface area contributed by atoms with Crippen LogP contribution in [-0.2, 0) is 4.79 Å². The van der Waals surface area contributed by atoms with E-state index in [9.17, 15) is 4.79 Å². The third-order valence-electron chi connectivity index (χ3n) is 5.68. The number of carbonyl (C=O) groups is 1. The van der Waals surface area contributed by atoms with Crippen molar-refractivity contribution in [3.63, 3.8) is 0 Å². The van der Waals surface area contributed by atoms with Crippen molar-refractivity contribution in [2.24, 2.45) is 0 Å². The zero-order valence-corrected chi connectivity index (χ0v) is 19.6. The summed E-state index contributed by atoms with van der Waals surface area (Å²) in [5.41, 5.74) is 7.49. The summed E-state index contributed by atoms with van der Waals surface area (Å²) in [5.74, 6) is 0.461. The Labute approximate surface area is 194 Å². The highest BCUT2D eigenvalue weighted by Crippen LogP contribution is 2.37. The van der Waals surface area contributed by atoms with Gasteiger partial charge in [0, 0.05) is 54.1 Å². The van der Waals surface area contributed by atoms with Crippen molar-refractivity contribution in [1.82, 2.24) is 0 Å². The predicted octanol–water partition coefficient (Wildman–Crippen LogP) is 6.52. The molecule has 1 amide bonds. The van der Waals surface area contributed by atoms with Crippen LogP contribution in [0.5, 0.6) is 5.75 Å². The standard InChI is InChI=1S/C28H28N2O3/c1-18-6-8-20(9-7-18)25-17-33-27-16-26(32-5)23(15-24(25)27)19(2)14-28(31)29-21-10-12-22(13-11-21)30(3)4/h6-17H,1-5H3,(H,29,31)/b19-14+.